The maximum Gasteiger partial charge on any atom is 0.325 e. The second-order valence-corrected chi connectivity index (χ2v) is 7.54. The van der Waals surface area contributed by atoms with Crippen LogP contribution in [0.2, 0.25) is 0 Å². The SMILES string of the molecule is COc1ccccc1CCNC(=O)Cc1csc(NC(=O)Nc2ccc(C)cc2)n1. The minimum absolute atomic E-state index is 0.120. The minimum Gasteiger partial charge on any atom is -0.496 e. The van der Waals surface area contributed by atoms with Crippen LogP contribution in [0.1, 0.15) is 16.8 Å². The Morgan fingerprint density at radius 1 is 1.07 bits per heavy atom. The molecular formula is C22H24N4O3S. The Labute approximate surface area is 179 Å². The van der Waals surface area contributed by atoms with Gasteiger partial charge < -0.3 is 15.4 Å². The number of amides is 3. The van der Waals surface area contributed by atoms with Gasteiger partial charge in [-0.05, 0) is 37.1 Å². The van der Waals surface area contributed by atoms with E-state index in [1.165, 1.54) is 11.3 Å². The number of thiazole rings is 1. The van der Waals surface area contributed by atoms with Crippen molar-refractivity contribution in [3.63, 3.8) is 0 Å². The van der Waals surface area contributed by atoms with Gasteiger partial charge in [-0.1, -0.05) is 35.9 Å². The first kappa shape index (κ1) is 21.3. The summed E-state index contributed by atoms with van der Waals surface area (Å²) in [7, 11) is 1.63. The second kappa shape index (κ2) is 10.4. The number of anilines is 2. The van der Waals surface area contributed by atoms with Crippen LogP contribution in [0.15, 0.2) is 53.9 Å². The Morgan fingerprint density at radius 2 is 1.83 bits per heavy atom. The zero-order chi connectivity index (χ0) is 21.3. The van der Waals surface area contributed by atoms with Gasteiger partial charge in [-0.25, -0.2) is 9.78 Å². The Kier molecular flexibility index (Phi) is 7.40. The summed E-state index contributed by atoms with van der Waals surface area (Å²) in [4.78, 5) is 28.6. The fourth-order valence-corrected chi connectivity index (χ4v) is 3.52. The van der Waals surface area contributed by atoms with Gasteiger partial charge in [-0.3, -0.25) is 10.1 Å². The molecule has 0 saturated carbocycles. The van der Waals surface area contributed by atoms with Gasteiger partial charge in [0.05, 0.1) is 19.2 Å². The number of methoxy groups -OCH3 is 1. The van der Waals surface area contributed by atoms with Crippen molar-refractivity contribution in [2.24, 2.45) is 0 Å². The fourth-order valence-electron chi connectivity index (χ4n) is 2.82. The van der Waals surface area contributed by atoms with Crippen LogP contribution in [-0.4, -0.2) is 30.6 Å². The van der Waals surface area contributed by atoms with Crippen molar-refractivity contribution < 1.29 is 14.3 Å². The number of hydrogen-bond acceptors (Lipinski definition) is 5. The average molecular weight is 425 g/mol. The van der Waals surface area contributed by atoms with Gasteiger partial charge in [0.1, 0.15) is 5.75 Å². The third-order valence-corrected chi connectivity index (χ3v) is 5.14. The van der Waals surface area contributed by atoms with Gasteiger partial charge in [0.25, 0.3) is 0 Å². The molecule has 3 rings (SSSR count). The molecule has 0 atom stereocenters. The molecule has 3 amide bonds. The third kappa shape index (κ3) is 6.31. The van der Waals surface area contributed by atoms with Crippen molar-refractivity contribution in [2.45, 2.75) is 19.8 Å². The molecule has 0 spiro atoms. The molecule has 30 heavy (non-hydrogen) atoms. The van der Waals surface area contributed by atoms with Crippen LogP contribution in [0.5, 0.6) is 5.75 Å². The van der Waals surface area contributed by atoms with Crippen LogP contribution < -0.4 is 20.7 Å². The molecule has 1 heterocycles. The summed E-state index contributed by atoms with van der Waals surface area (Å²) in [6, 6.07) is 14.9. The number of carbonyl (C=O) groups excluding carboxylic acids is 2. The Hall–Kier alpha value is -3.39. The quantitative estimate of drug-likeness (QED) is 0.510. The van der Waals surface area contributed by atoms with Crippen molar-refractivity contribution in [1.82, 2.24) is 10.3 Å². The molecule has 156 valence electrons. The summed E-state index contributed by atoms with van der Waals surface area (Å²) in [5.41, 5.74) is 3.47. The summed E-state index contributed by atoms with van der Waals surface area (Å²) in [5, 5.41) is 10.5. The van der Waals surface area contributed by atoms with Crippen molar-refractivity contribution in [3.8, 4) is 5.75 Å². The predicted molar refractivity (Wildman–Crippen MR) is 119 cm³/mol. The molecule has 0 fully saturated rings. The van der Waals surface area contributed by atoms with Crippen LogP contribution in [0.4, 0.5) is 15.6 Å². The van der Waals surface area contributed by atoms with E-state index in [4.69, 9.17) is 4.74 Å². The van der Waals surface area contributed by atoms with E-state index in [-0.39, 0.29) is 18.4 Å². The molecule has 2 aromatic carbocycles. The lowest BCUT2D eigenvalue weighted by atomic mass is 10.1. The van der Waals surface area contributed by atoms with E-state index < -0.39 is 0 Å². The van der Waals surface area contributed by atoms with E-state index in [9.17, 15) is 9.59 Å². The highest BCUT2D eigenvalue weighted by molar-refractivity contribution is 7.14. The van der Waals surface area contributed by atoms with Gasteiger partial charge in [-0.2, -0.15) is 0 Å². The molecule has 3 N–H and O–H groups in total. The van der Waals surface area contributed by atoms with E-state index in [1.807, 2.05) is 55.5 Å². The molecule has 8 heteroatoms. The standard InChI is InChI=1S/C22H24N4O3S/c1-15-7-9-17(10-8-15)24-21(28)26-22-25-18(14-30-22)13-20(27)23-12-11-16-5-3-4-6-19(16)29-2/h3-10,14H,11-13H2,1-2H3,(H,23,27)(H2,24,25,26,28). The summed E-state index contributed by atoms with van der Waals surface area (Å²) in [6.45, 7) is 2.49. The van der Waals surface area contributed by atoms with Crippen LogP contribution in [0, 0.1) is 6.92 Å². The topological polar surface area (TPSA) is 92.4 Å². The number of aromatic nitrogens is 1. The highest BCUT2D eigenvalue weighted by Crippen LogP contribution is 2.18. The first-order chi connectivity index (χ1) is 14.5. The number of ether oxygens (including phenoxy) is 1. The number of para-hydroxylation sites is 1. The number of benzene rings is 2. The Bertz CT molecular complexity index is 1000. The van der Waals surface area contributed by atoms with Crippen molar-refractivity contribution in [2.75, 3.05) is 24.3 Å². The number of hydrogen-bond donors (Lipinski definition) is 3. The molecule has 0 aliphatic rings. The summed E-state index contributed by atoms with van der Waals surface area (Å²) >= 11 is 1.28. The lowest BCUT2D eigenvalue weighted by molar-refractivity contribution is -0.120. The zero-order valence-corrected chi connectivity index (χ0v) is 17.7. The van der Waals surface area contributed by atoms with Crippen molar-refractivity contribution in [3.05, 3.63) is 70.7 Å². The highest BCUT2D eigenvalue weighted by Gasteiger charge is 2.10. The van der Waals surface area contributed by atoms with Gasteiger partial charge in [0.2, 0.25) is 5.91 Å². The van der Waals surface area contributed by atoms with E-state index in [1.54, 1.807) is 12.5 Å². The number of rotatable bonds is 8. The Balaban J connectivity index is 1.43. The van der Waals surface area contributed by atoms with Crippen LogP contribution >= 0.6 is 11.3 Å². The molecule has 0 aliphatic carbocycles. The zero-order valence-electron chi connectivity index (χ0n) is 16.9. The first-order valence-corrected chi connectivity index (χ1v) is 10.4. The molecule has 0 radical (unpaired) electrons. The molecule has 7 nitrogen and oxygen atoms in total. The average Bonchev–Trinajstić information content (AvgIpc) is 3.16. The molecular weight excluding hydrogens is 400 g/mol. The number of urea groups is 1. The normalized spacial score (nSPS) is 10.3. The van der Waals surface area contributed by atoms with E-state index >= 15 is 0 Å². The van der Waals surface area contributed by atoms with Crippen molar-refractivity contribution >= 4 is 34.1 Å². The molecule has 0 saturated heterocycles. The van der Waals surface area contributed by atoms with Gasteiger partial charge in [0, 0.05) is 17.6 Å². The summed E-state index contributed by atoms with van der Waals surface area (Å²) in [5.74, 6) is 0.691. The van der Waals surface area contributed by atoms with Crippen LogP contribution in [0.3, 0.4) is 0 Å². The molecule has 1 aromatic heterocycles. The van der Waals surface area contributed by atoms with Crippen LogP contribution in [-0.2, 0) is 17.6 Å². The van der Waals surface area contributed by atoms with Gasteiger partial charge >= 0.3 is 6.03 Å². The van der Waals surface area contributed by atoms with E-state index in [2.05, 4.69) is 20.9 Å². The van der Waals surface area contributed by atoms with E-state index in [0.717, 1.165) is 16.9 Å². The van der Waals surface area contributed by atoms with Crippen LogP contribution in [0.25, 0.3) is 0 Å². The van der Waals surface area contributed by atoms with Crippen molar-refractivity contribution in [1.29, 1.82) is 0 Å². The summed E-state index contributed by atoms with van der Waals surface area (Å²) < 4.78 is 5.31. The number of nitrogens with one attached hydrogen (secondary N) is 3. The second-order valence-electron chi connectivity index (χ2n) is 6.68. The molecule has 0 bridgehead atoms. The van der Waals surface area contributed by atoms with E-state index in [0.29, 0.717) is 29.5 Å². The number of aryl methyl sites for hydroxylation is 1. The van der Waals surface area contributed by atoms with Gasteiger partial charge in [0.15, 0.2) is 5.13 Å². The first-order valence-electron chi connectivity index (χ1n) is 9.51. The monoisotopic (exact) mass is 424 g/mol. The maximum atomic E-state index is 12.2. The largest absolute Gasteiger partial charge is 0.496 e. The highest BCUT2D eigenvalue weighted by atomic mass is 32.1. The fraction of sp³-hybridized carbons (Fsp3) is 0.227. The minimum atomic E-state index is -0.374. The van der Waals surface area contributed by atoms with Gasteiger partial charge in [-0.15, -0.1) is 11.3 Å². The smallest absolute Gasteiger partial charge is 0.325 e. The summed E-state index contributed by atoms with van der Waals surface area (Å²) in [6.07, 6.45) is 0.836. The lowest BCUT2D eigenvalue weighted by Gasteiger charge is -2.08. The predicted octanol–water partition coefficient (Wildman–Crippen LogP) is 4.01. The maximum absolute atomic E-state index is 12.2. The molecule has 0 unspecified atom stereocenters. The Morgan fingerprint density at radius 3 is 2.60 bits per heavy atom. The molecule has 3 aromatic rings. The molecule has 0 aliphatic heterocycles. The lowest BCUT2D eigenvalue weighted by Crippen LogP contribution is -2.27. The number of nitrogens with zero attached hydrogens (tertiary/aromatic N) is 1. The third-order valence-electron chi connectivity index (χ3n) is 4.33. The number of carbonyl (C=O) groups is 2.